The smallest absolute Gasteiger partial charge is 0.226 e. The number of carbonyl (C=O) groups excluding carboxylic acids is 1. The fourth-order valence-electron chi connectivity index (χ4n) is 1.69. The number of amides is 1. The number of benzene rings is 1. The van der Waals surface area contributed by atoms with Gasteiger partial charge in [0.1, 0.15) is 0 Å². The van der Waals surface area contributed by atoms with Crippen molar-refractivity contribution in [3.8, 4) is 17.2 Å². The van der Waals surface area contributed by atoms with Gasteiger partial charge < -0.3 is 24.3 Å². The van der Waals surface area contributed by atoms with E-state index in [2.05, 4.69) is 5.32 Å². The molecule has 0 aliphatic rings. The van der Waals surface area contributed by atoms with Crippen LogP contribution in [0.5, 0.6) is 17.2 Å². The van der Waals surface area contributed by atoms with Gasteiger partial charge in [-0.1, -0.05) is 0 Å². The minimum atomic E-state index is -0.132. The van der Waals surface area contributed by atoms with Crippen molar-refractivity contribution in [1.29, 1.82) is 0 Å². The topological polar surface area (TPSA) is 66.0 Å². The van der Waals surface area contributed by atoms with Gasteiger partial charge in [0.15, 0.2) is 11.5 Å². The summed E-state index contributed by atoms with van der Waals surface area (Å²) in [5.41, 5.74) is 0.584. The number of methoxy groups -OCH3 is 3. The predicted molar refractivity (Wildman–Crippen MR) is 75.8 cm³/mol. The van der Waals surface area contributed by atoms with E-state index < -0.39 is 0 Å². The number of ether oxygens (including phenoxy) is 4. The summed E-state index contributed by atoms with van der Waals surface area (Å²) in [5, 5.41) is 2.77. The molecule has 0 aliphatic carbocycles. The lowest BCUT2D eigenvalue weighted by Crippen LogP contribution is -2.14. The first-order valence-corrected chi connectivity index (χ1v) is 6.33. The summed E-state index contributed by atoms with van der Waals surface area (Å²) < 4.78 is 20.8. The van der Waals surface area contributed by atoms with Crippen LogP contribution >= 0.6 is 0 Å². The summed E-state index contributed by atoms with van der Waals surface area (Å²) in [5.74, 6) is 1.34. The molecule has 0 spiro atoms. The third kappa shape index (κ3) is 4.31. The Kier molecular flexibility index (Phi) is 6.66. The van der Waals surface area contributed by atoms with Gasteiger partial charge >= 0.3 is 0 Å². The van der Waals surface area contributed by atoms with Crippen molar-refractivity contribution in [3.63, 3.8) is 0 Å². The Morgan fingerprint density at radius 3 is 2.15 bits per heavy atom. The summed E-state index contributed by atoms with van der Waals surface area (Å²) in [6, 6.07) is 3.36. The van der Waals surface area contributed by atoms with Crippen LogP contribution in [0.15, 0.2) is 12.1 Å². The first-order chi connectivity index (χ1) is 9.65. The van der Waals surface area contributed by atoms with E-state index in [1.165, 1.54) is 21.3 Å². The zero-order chi connectivity index (χ0) is 15.0. The molecule has 1 rings (SSSR count). The molecule has 6 heteroatoms. The number of carbonyl (C=O) groups is 1. The highest BCUT2D eigenvalue weighted by atomic mass is 16.5. The number of anilines is 1. The molecule has 1 amide bonds. The summed E-state index contributed by atoms with van der Waals surface area (Å²) in [6.45, 7) is 2.88. The Hall–Kier alpha value is -1.95. The molecule has 0 saturated carbocycles. The van der Waals surface area contributed by atoms with Gasteiger partial charge in [0, 0.05) is 24.4 Å². The van der Waals surface area contributed by atoms with E-state index in [0.717, 1.165) is 0 Å². The largest absolute Gasteiger partial charge is 0.493 e. The summed E-state index contributed by atoms with van der Waals surface area (Å²) in [4.78, 5) is 11.7. The molecule has 1 aromatic rings. The van der Waals surface area contributed by atoms with E-state index in [0.29, 0.717) is 42.6 Å². The number of rotatable bonds is 8. The standard InChI is InChI=1S/C14H21NO5/c1-5-20-7-6-13(16)15-10-8-11(17-2)14(19-4)12(9-10)18-3/h8-9H,5-7H2,1-4H3,(H,15,16). The SMILES string of the molecule is CCOCCC(=O)Nc1cc(OC)c(OC)c(OC)c1. The maximum atomic E-state index is 11.7. The first kappa shape index (κ1) is 16.1. The zero-order valence-corrected chi connectivity index (χ0v) is 12.3. The van der Waals surface area contributed by atoms with Crippen LogP contribution in [0.4, 0.5) is 5.69 Å². The Morgan fingerprint density at radius 1 is 1.10 bits per heavy atom. The monoisotopic (exact) mass is 283 g/mol. The van der Waals surface area contributed by atoms with E-state index in [9.17, 15) is 4.79 Å². The second-order valence-electron chi connectivity index (χ2n) is 3.91. The molecule has 0 saturated heterocycles. The van der Waals surface area contributed by atoms with Crippen LogP contribution < -0.4 is 19.5 Å². The number of hydrogen-bond acceptors (Lipinski definition) is 5. The van der Waals surface area contributed by atoms with Crippen LogP contribution in [0.1, 0.15) is 13.3 Å². The van der Waals surface area contributed by atoms with E-state index in [4.69, 9.17) is 18.9 Å². The Labute approximate surface area is 119 Å². The van der Waals surface area contributed by atoms with Crippen molar-refractivity contribution in [1.82, 2.24) is 0 Å². The highest BCUT2D eigenvalue weighted by Gasteiger charge is 2.14. The van der Waals surface area contributed by atoms with E-state index >= 15 is 0 Å². The molecule has 112 valence electrons. The molecule has 0 aliphatic heterocycles. The summed E-state index contributed by atoms with van der Waals surface area (Å²) >= 11 is 0. The van der Waals surface area contributed by atoms with Crippen LogP contribution in [0, 0.1) is 0 Å². The maximum Gasteiger partial charge on any atom is 0.226 e. The van der Waals surface area contributed by atoms with Crippen molar-refractivity contribution in [2.75, 3.05) is 39.9 Å². The fraction of sp³-hybridized carbons (Fsp3) is 0.500. The molecule has 1 aromatic carbocycles. The van der Waals surface area contributed by atoms with Crippen molar-refractivity contribution in [2.24, 2.45) is 0 Å². The first-order valence-electron chi connectivity index (χ1n) is 6.33. The summed E-state index contributed by atoms with van der Waals surface area (Å²) in [6.07, 6.45) is 0.296. The van der Waals surface area contributed by atoms with Crippen molar-refractivity contribution < 1.29 is 23.7 Å². The molecule has 0 atom stereocenters. The Bertz CT molecular complexity index is 422. The Balaban J connectivity index is 2.82. The molecule has 0 bridgehead atoms. The van der Waals surface area contributed by atoms with Gasteiger partial charge in [-0.05, 0) is 6.92 Å². The average molecular weight is 283 g/mol. The lowest BCUT2D eigenvalue weighted by Gasteiger charge is -2.14. The minimum Gasteiger partial charge on any atom is -0.493 e. The number of nitrogens with one attached hydrogen (secondary N) is 1. The van der Waals surface area contributed by atoms with Crippen LogP contribution in [0.25, 0.3) is 0 Å². The molecular formula is C14H21NO5. The van der Waals surface area contributed by atoms with Gasteiger partial charge in [0.25, 0.3) is 0 Å². The third-order valence-corrected chi connectivity index (χ3v) is 2.63. The van der Waals surface area contributed by atoms with Gasteiger partial charge in [-0.2, -0.15) is 0 Å². The van der Waals surface area contributed by atoms with E-state index in [1.54, 1.807) is 12.1 Å². The summed E-state index contributed by atoms with van der Waals surface area (Å²) in [7, 11) is 4.58. The quantitative estimate of drug-likeness (QED) is 0.740. The van der Waals surface area contributed by atoms with Gasteiger partial charge in [-0.25, -0.2) is 0 Å². The van der Waals surface area contributed by atoms with Crippen molar-refractivity contribution in [2.45, 2.75) is 13.3 Å². The van der Waals surface area contributed by atoms with Gasteiger partial charge in [-0.3, -0.25) is 4.79 Å². The lowest BCUT2D eigenvalue weighted by molar-refractivity contribution is -0.117. The molecule has 6 nitrogen and oxygen atoms in total. The molecule has 0 unspecified atom stereocenters. The average Bonchev–Trinajstić information content (AvgIpc) is 2.46. The molecule has 1 N–H and O–H groups in total. The van der Waals surface area contributed by atoms with Crippen LogP contribution in [0.3, 0.4) is 0 Å². The predicted octanol–water partition coefficient (Wildman–Crippen LogP) is 2.08. The Morgan fingerprint density at radius 2 is 1.70 bits per heavy atom. The van der Waals surface area contributed by atoms with Crippen LogP contribution in [-0.2, 0) is 9.53 Å². The van der Waals surface area contributed by atoms with Crippen molar-refractivity contribution >= 4 is 11.6 Å². The second kappa shape index (κ2) is 8.27. The van der Waals surface area contributed by atoms with E-state index in [1.807, 2.05) is 6.92 Å². The fourth-order valence-corrected chi connectivity index (χ4v) is 1.69. The number of hydrogen-bond donors (Lipinski definition) is 1. The molecule has 20 heavy (non-hydrogen) atoms. The molecule has 0 radical (unpaired) electrons. The van der Waals surface area contributed by atoms with Crippen molar-refractivity contribution in [3.05, 3.63) is 12.1 Å². The lowest BCUT2D eigenvalue weighted by atomic mass is 10.2. The van der Waals surface area contributed by atoms with Gasteiger partial charge in [0.2, 0.25) is 11.7 Å². The maximum absolute atomic E-state index is 11.7. The highest BCUT2D eigenvalue weighted by Crippen LogP contribution is 2.39. The second-order valence-corrected chi connectivity index (χ2v) is 3.91. The van der Waals surface area contributed by atoms with Gasteiger partial charge in [0.05, 0.1) is 34.4 Å². The zero-order valence-electron chi connectivity index (χ0n) is 12.3. The minimum absolute atomic E-state index is 0.132. The van der Waals surface area contributed by atoms with Gasteiger partial charge in [-0.15, -0.1) is 0 Å². The van der Waals surface area contributed by atoms with E-state index in [-0.39, 0.29) is 5.91 Å². The van der Waals surface area contributed by atoms with Crippen LogP contribution in [-0.4, -0.2) is 40.5 Å². The highest BCUT2D eigenvalue weighted by molar-refractivity contribution is 5.91. The molecule has 0 aromatic heterocycles. The van der Waals surface area contributed by atoms with Crippen LogP contribution in [0.2, 0.25) is 0 Å². The molecular weight excluding hydrogens is 262 g/mol. The molecule has 0 fully saturated rings. The normalized spacial score (nSPS) is 10.0. The third-order valence-electron chi connectivity index (χ3n) is 2.63. The molecule has 0 heterocycles.